The Bertz CT molecular complexity index is 599. The third-order valence-electron chi connectivity index (χ3n) is 5.63. The summed E-state index contributed by atoms with van der Waals surface area (Å²) in [6, 6.07) is 0. The predicted molar refractivity (Wildman–Crippen MR) is 110 cm³/mol. The number of rotatable bonds is 5. The van der Waals surface area contributed by atoms with E-state index in [1.54, 1.807) is 7.11 Å². The quantitative estimate of drug-likeness (QED) is 0.786. The van der Waals surface area contributed by atoms with Gasteiger partial charge >= 0.3 is 0 Å². The minimum atomic E-state index is -0.346. The average Bonchev–Trinajstić information content (AvgIpc) is 2.93. The van der Waals surface area contributed by atoms with Crippen LogP contribution in [0.4, 0.5) is 0 Å². The minimum absolute atomic E-state index is 0. The molecule has 2 saturated heterocycles. The van der Waals surface area contributed by atoms with E-state index in [1.807, 2.05) is 18.5 Å². The maximum absolute atomic E-state index is 13.3. The van der Waals surface area contributed by atoms with Gasteiger partial charge in [-0.3, -0.25) is 4.79 Å². The van der Waals surface area contributed by atoms with Crippen molar-refractivity contribution in [3.05, 3.63) is 11.6 Å². The molecule has 9 heteroatoms. The third-order valence-corrected chi connectivity index (χ3v) is 5.63. The lowest BCUT2D eigenvalue weighted by Gasteiger charge is -2.42. The van der Waals surface area contributed by atoms with E-state index in [0.29, 0.717) is 12.5 Å². The molecule has 1 amide bonds. The van der Waals surface area contributed by atoms with Gasteiger partial charge in [0.15, 0.2) is 0 Å². The van der Waals surface area contributed by atoms with Gasteiger partial charge in [-0.2, -0.15) is 5.10 Å². The van der Waals surface area contributed by atoms with Crippen LogP contribution in [0.1, 0.15) is 37.3 Å². The van der Waals surface area contributed by atoms with Crippen molar-refractivity contribution < 1.29 is 9.53 Å². The zero-order valence-electron chi connectivity index (χ0n) is 16.6. The number of carbonyl (C=O) groups excluding carboxylic acids is 1. The van der Waals surface area contributed by atoms with Crippen molar-refractivity contribution in [1.29, 1.82) is 0 Å². The number of nitrogens with one attached hydrogen (secondary N) is 1. The molecular weight excluding hydrogens is 389 g/mol. The number of aromatic nitrogens is 3. The fourth-order valence-corrected chi connectivity index (χ4v) is 4.31. The Balaban J connectivity index is 0.00000182. The molecule has 0 spiro atoms. The van der Waals surface area contributed by atoms with Gasteiger partial charge in [-0.1, -0.05) is 0 Å². The molecule has 0 aromatic carbocycles. The number of ether oxygens (including phenoxy) is 1. The summed E-state index contributed by atoms with van der Waals surface area (Å²) in [7, 11) is 1.70. The second-order valence-electron chi connectivity index (χ2n) is 7.61. The molecular formula is C18H33Cl2N5O2. The Morgan fingerprint density at radius 3 is 2.59 bits per heavy atom. The SMILES string of the molecule is COCC1(C(=O)N2CCCC(Cn3nc(C)nc3C)C2)CCNCC1.Cl.Cl. The summed E-state index contributed by atoms with van der Waals surface area (Å²) in [5, 5.41) is 7.84. The van der Waals surface area contributed by atoms with Crippen LogP contribution in [0.3, 0.4) is 0 Å². The second-order valence-corrected chi connectivity index (χ2v) is 7.61. The molecule has 7 nitrogen and oxygen atoms in total. The first-order valence-corrected chi connectivity index (χ1v) is 9.41. The van der Waals surface area contributed by atoms with Crippen LogP contribution in [0.25, 0.3) is 0 Å². The summed E-state index contributed by atoms with van der Waals surface area (Å²) in [4.78, 5) is 19.8. The number of nitrogens with zero attached hydrogens (tertiary/aromatic N) is 4. The Hall–Kier alpha value is -0.890. The van der Waals surface area contributed by atoms with Crippen molar-refractivity contribution in [2.45, 2.75) is 46.1 Å². The Morgan fingerprint density at radius 1 is 1.30 bits per heavy atom. The Morgan fingerprint density at radius 2 is 2.00 bits per heavy atom. The van der Waals surface area contributed by atoms with Gasteiger partial charge < -0.3 is 15.0 Å². The monoisotopic (exact) mass is 421 g/mol. The first kappa shape index (κ1) is 24.1. The van der Waals surface area contributed by atoms with Crippen LogP contribution in [-0.2, 0) is 16.1 Å². The molecule has 0 radical (unpaired) electrons. The van der Waals surface area contributed by atoms with E-state index in [0.717, 1.165) is 70.1 Å². The van der Waals surface area contributed by atoms with E-state index >= 15 is 0 Å². The van der Waals surface area contributed by atoms with Crippen LogP contribution >= 0.6 is 24.8 Å². The van der Waals surface area contributed by atoms with Gasteiger partial charge in [0.25, 0.3) is 0 Å². The molecule has 156 valence electrons. The molecule has 1 N–H and O–H groups in total. The largest absolute Gasteiger partial charge is 0.384 e. The molecule has 1 aromatic heterocycles. The van der Waals surface area contributed by atoms with Crippen molar-refractivity contribution in [3.63, 3.8) is 0 Å². The molecule has 1 aromatic rings. The van der Waals surface area contributed by atoms with E-state index in [1.165, 1.54) is 0 Å². The zero-order valence-corrected chi connectivity index (χ0v) is 18.2. The summed E-state index contributed by atoms with van der Waals surface area (Å²) in [5.74, 6) is 2.50. The molecule has 2 aliphatic rings. The number of piperidine rings is 2. The lowest BCUT2D eigenvalue weighted by atomic mass is 9.77. The highest BCUT2D eigenvalue weighted by atomic mass is 35.5. The van der Waals surface area contributed by atoms with Gasteiger partial charge in [0.05, 0.1) is 12.0 Å². The normalized spacial score (nSPS) is 21.9. The third kappa shape index (κ3) is 5.56. The second kappa shape index (κ2) is 10.6. The number of carbonyl (C=O) groups is 1. The highest BCUT2D eigenvalue weighted by Gasteiger charge is 2.43. The maximum atomic E-state index is 13.3. The molecule has 3 rings (SSSR count). The topological polar surface area (TPSA) is 72.3 Å². The molecule has 3 heterocycles. The summed E-state index contributed by atoms with van der Waals surface area (Å²) in [6.07, 6.45) is 3.93. The number of hydrogen-bond donors (Lipinski definition) is 1. The number of amides is 1. The molecule has 2 aliphatic heterocycles. The predicted octanol–water partition coefficient (Wildman–Crippen LogP) is 1.99. The minimum Gasteiger partial charge on any atom is -0.384 e. The van der Waals surface area contributed by atoms with Crippen LogP contribution in [0.5, 0.6) is 0 Å². The average molecular weight is 422 g/mol. The van der Waals surface area contributed by atoms with E-state index in [4.69, 9.17) is 4.74 Å². The summed E-state index contributed by atoms with van der Waals surface area (Å²) >= 11 is 0. The molecule has 0 bridgehead atoms. The zero-order chi connectivity index (χ0) is 17.9. The van der Waals surface area contributed by atoms with E-state index in [-0.39, 0.29) is 36.1 Å². The summed E-state index contributed by atoms with van der Waals surface area (Å²) in [6.45, 7) is 8.75. The van der Waals surface area contributed by atoms with Gasteiger partial charge in [0.2, 0.25) is 5.91 Å². The molecule has 1 unspecified atom stereocenters. The van der Waals surface area contributed by atoms with Crippen molar-refractivity contribution in [3.8, 4) is 0 Å². The van der Waals surface area contributed by atoms with Gasteiger partial charge in [0.1, 0.15) is 11.6 Å². The number of likely N-dealkylation sites (tertiary alicyclic amines) is 1. The van der Waals surface area contributed by atoms with E-state index in [9.17, 15) is 4.79 Å². The van der Waals surface area contributed by atoms with Crippen LogP contribution in [0.15, 0.2) is 0 Å². The van der Waals surface area contributed by atoms with Crippen molar-refractivity contribution >= 4 is 30.7 Å². The molecule has 2 fully saturated rings. The maximum Gasteiger partial charge on any atom is 0.231 e. The van der Waals surface area contributed by atoms with Gasteiger partial charge in [-0.15, -0.1) is 24.8 Å². The first-order chi connectivity index (χ1) is 12.0. The fourth-order valence-electron chi connectivity index (χ4n) is 4.31. The van der Waals surface area contributed by atoms with Gasteiger partial charge in [0, 0.05) is 26.7 Å². The Kier molecular flexibility index (Phi) is 9.48. The first-order valence-electron chi connectivity index (χ1n) is 9.41. The van der Waals surface area contributed by atoms with Crippen molar-refractivity contribution in [2.24, 2.45) is 11.3 Å². The summed E-state index contributed by atoms with van der Waals surface area (Å²) < 4.78 is 7.43. The highest BCUT2D eigenvalue weighted by molar-refractivity contribution is 5.85. The van der Waals surface area contributed by atoms with E-state index < -0.39 is 0 Å². The number of aryl methyl sites for hydroxylation is 2. The smallest absolute Gasteiger partial charge is 0.231 e. The fraction of sp³-hybridized carbons (Fsp3) is 0.833. The highest BCUT2D eigenvalue weighted by Crippen LogP contribution is 2.33. The number of halogens is 2. The van der Waals surface area contributed by atoms with Crippen LogP contribution in [-0.4, -0.2) is 65.5 Å². The van der Waals surface area contributed by atoms with Crippen molar-refractivity contribution in [2.75, 3.05) is 39.9 Å². The number of hydrogen-bond acceptors (Lipinski definition) is 5. The van der Waals surface area contributed by atoms with Crippen LogP contribution in [0, 0.1) is 25.2 Å². The number of methoxy groups -OCH3 is 1. The van der Waals surface area contributed by atoms with Gasteiger partial charge in [-0.25, -0.2) is 9.67 Å². The van der Waals surface area contributed by atoms with E-state index in [2.05, 4.69) is 20.3 Å². The Labute approximate surface area is 174 Å². The molecule has 1 atom stereocenters. The lowest BCUT2D eigenvalue weighted by molar-refractivity contribution is -0.149. The summed E-state index contributed by atoms with van der Waals surface area (Å²) in [5.41, 5.74) is -0.346. The molecule has 27 heavy (non-hydrogen) atoms. The van der Waals surface area contributed by atoms with Crippen LogP contribution in [0.2, 0.25) is 0 Å². The van der Waals surface area contributed by atoms with Gasteiger partial charge in [-0.05, 0) is 58.5 Å². The van der Waals surface area contributed by atoms with Crippen LogP contribution < -0.4 is 5.32 Å². The standard InChI is InChI=1S/C18H31N5O2.2ClH/c1-14-20-15(2)23(21-14)12-16-5-4-10-22(11-16)17(24)18(13-25-3)6-8-19-9-7-18;;/h16,19H,4-13H2,1-3H3;2*1H. The molecule has 0 saturated carbocycles. The van der Waals surface area contributed by atoms with Crippen molar-refractivity contribution in [1.82, 2.24) is 25.0 Å². The molecule has 0 aliphatic carbocycles. The lowest BCUT2D eigenvalue weighted by Crippen LogP contribution is -2.54.